The molecule has 31 heavy (non-hydrogen) atoms. The Bertz CT molecular complexity index is 991. The molecule has 0 aliphatic heterocycles. The third-order valence-electron chi connectivity index (χ3n) is 5.72. The number of benzene rings is 2. The number of anilines is 1. The monoisotopic (exact) mass is 414 g/mol. The van der Waals surface area contributed by atoms with Crippen molar-refractivity contribution in [2.45, 2.75) is 53.4 Å². The number of aryl methyl sites for hydroxylation is 1. The van der Waals surface area contributed by atoms with Crippen LogP contribution in [0.5, 0.6) is 0 Å². The van der Waals surface area contributed by atoms with Gasteiger partial charge in [0.25, 0.3) is 0 Å². The summed E-state index contributed by atoms with van der Waals surface area (Å²) in [5.41, 5.74) is 5.01. The molecule has 3 rings (SSSR count). The zero-order valence-electron chi connectivity index (χ0n) is 19.2. The van der Waals surface area contributed by atoms with Crippen molar-refractivity contribution in [2.24, 2.45) is 11.8 Å². The number of aromatic nitrogens is 2. The Balaban J connectivity index is 1.87. The summed E-state index contributed by atoms with van der Waals surface area (Å²) in [4.78, 5) is 0. The van der Waals surface area contributed by atoms with Gasteiger partial charge in [0.2, 0.25) is 0 Å². The SMILES string of the molecule is CCCC(CCC(C)C)CNc1cc(-c2ccc(C)cc2)n(-c2ccc(C#N)cc2)n1. The molecule has 1 N–H and O–H groups in total. The Morgan fingerprint density at radius 3 is 2.32 bits per heavy atom. The maximum absolute atomic E-state index is 9.12. The Labute approximate surface area is 186 Å². The minimum absolute atomic E-state index is 0.652. The van der Waals surface area contributed by atoms with Crippen LogP contribution in [0.4, 0.5) is 5.82 Å². The van der Waals surface area contributed by atoms with Crippen molar-refractivity contribution < 1.29 is 0 Å². The quantitative estimate of drug-likeness (QED) is 0.389. The van der Waals surface area contributed by atoms with Crippen LogP contribution < -0.4 is 5.32 Å². The van der Waals surface area contributed by atoms with Crippen LogP contribution in [0.2, 0.25) is 0 Å². The van der Waals surface area contributed by atoms with Gasteiger partial charge in [0.1, 0.15) is 5.82 Å². The molecule has 0 aliphatic carbocycles. The lowest BCUT2D eigenvalue weighted by molar-refractivity contribution is 0.412. The molecule has 1 unspecified atom stereocenters. The molecule has 0 bridgehead atoms. The molecule has 4 heteroatoms. The van der Waals surface area contributed by atoms with Crippen LogP contribution in [0, 0.1) is 30.1 Å². The van der Waals surface area contributed by atoms with Gasteiger partial charge >= 0.3 is 0 Å². The standard InChI is InChI=1S/C27H34N4/c1-5-6-23(10-7-20(2)3)19-29-27-17-26(24-13-8-21(4)9-14-24)31(30-27)25-15-11-22(18-28)12-16-25/h8-9,11-17,20,23H,5-7,10,19H2,1-4H3,(H,29,30). The molecule has 0 amide bonds. The zero-order chi connectivity index (χ0) is 22.2. The first-order chi connectivity index (χ1) is 15.0. The van der Waals surface area contributed by atoms with Gasteiger partial charge in [-0.25, -0.2) is 4.68 Å². The first-order valence-corrected chi connectivity index (χ1v) is 11.4. The second-order valence-corrected chi connectivity index (χ2v) is 8.86. The Kier molecular flexibility index (Phi) is 7.89. The van der Waals surface area contributed by atoms with Crippen molar-refractivity contribution in [3.05, 3.63) is 65.7 Å². The molecule has 0 saturated heterocycles. The molecule has 1 aromatic heterocycles. The van der Waals surface area contributed by atoms with Gasteiger partial charge in [-0.2, -0.15) is 5.26 Å². The number of hydrogen-bond donors (Lipinski definition) is 1. The molecule has 0 spiro atoms. The Hall–Kier alpha value is -3.06. The van der Waals surface area contributed by atoms with Crippen LogP contribution >= 0.6 is 0 Å². The molecule has 0 saturated carbocycles. The summed E-state index contributed by atoms with van der Waals surface area (Å²) in [6.07, 6.45) is 4.96. The number of hydrogen-bond acceptors (Lipinski definition) is 3. The molecule has 1 atom stereocenters. The first-order valence-electron chi connectivity index (χ1n) is 11.4. The molecular formula is C27H34N4. The fourth-order valence-corrected chi connectivity index (χ4v) is 3.85. The van der Waals surface area contributed by atoms with E-state index in [2.05, 4.69) is 69.4 Å². The fourth-order valence-electron chi connectivity index (χ4n) is 3.85. The normalized spacial score (nSPS) is 12.0. The Morgan fingerprint density at radius 2 is 1.71 bits per heavy atom. The molecule has 4 nitrogen and oxygen atoms in total. The molecule has 3 aromatic rings. The van der Waals surface area contributed by atoms with E-state index in [1.807, 2.05) is 28.9 Å². The largest absolute Gasteiger partial charge is 0.368 e. The maximum atomic E-state index is 9.12. The smallest absolute Gasteiger partial charge is 0.149 e. The van der Waals surface area contributed by atoms with E-state index in [4.69, 9.17) is 10.4 Å². The van der Waals surface area contributed by atoms with Gasteiger partial charge in [-0.15, -0.1) is 5.10 Å². The van der Waals surface area contributed by atoms with Crippen LogP contribution in [-0.4, -0.2) is 16.3 Å². The molecule has 1 heterocycles. The highest BCUT2D eigenvalue weighted by molar-refractivity contribution is 5.66. The van der Waals surface area contributed by atoms with Crippen molar-refractivity contribution in [3.8, 4) is 23.0 Å². The predicted octanol–water partition coefficient (Wildman–Crippen LogP) is 6.98. The van der Waals surface area contributed by atoms with Gasteiger partial charge in [-0.3, -0.25) is 0 Å². The molecule has 0 radical (unpaired) electrons. The van der Waals surface area contributed by atoms with Crippen LogP contribution in [0.1, 0.15) is 57.6 Å². The van der Waals surface area contributed by atoms with E-state index in [1.165, 1.54) is 31.2 Å². The minimum Gasteiger partial charge on any atom is -0.368 e. The van der Waals surface area contributed by atoms with E-state index in [0.717, 1.165) is 35.2 Å². The Morgan fingerprint density at radius 1 is 1.00 bits per heavy atom. The lowest BCUT2D eigenvalue weighted by atomic mass is 9.94. The van der Waals surface area contributed by atoms with Crippen molar-refractivity contribution in [1.29, 1.82) is 5.26 Å². The second-order valence-electron chi connectivity index (χ2n) is 8.86. The van der Waals surface area contributed by atoms with Crippen molar-refractivity contribution in [1.82, 2.24) is 9.78 Å². The molecule has 162 valence electrons. The highest BCUT2D eigenvalue weighted by Gasteiger charge is 2.14. The highest BCUT2D eigenvalue weighted by atomic mass is 15.3. The van der Waals surface area contributed by atoms with Crippen molar-refractivity contribution in [2.75, 3.05) is 11.9 Å². The van der Waals surface area contributed by atoms with Crippen LogP contribution in [0.25, 0.3) is 16.9 Å². The lowest BCUT2D eigenvalue weighted by Crippen LogP contribution is -2.15. The van der Waals surface area contributed by atoms with Crippen LogP contribution in [0.3, 0.4) is 0 Å². The van der Waals surface area contributed by atoms with E-state index in [9.17, 15) is 0 Å². The number of nitriles is 1. The summed E-state index contributed by atoms with van der Waals surface area (Å²) in [6, 6.07) is 20.4. The second kappa shape index (κ2) is 10.8. The van der Waals surface area contributed by atoms with E-state index in [0.29, 0.717) is 11.5 Å². The first kappa shape index (κ1) is 22.6. The summed E-state index contributed by atoms with van der Waals surface area (Å²) in [5, 5.41) is 17.6. The highest BCUT2D eigenvalue weighted by Crippen LogP contribution is 2.27. The van der Waals surface area contributed by atoms with Crippen LogP contribution in [-0.2, 0) is 0 Å². The van der Waals surface area contributed by atoms with Gasteiger partial charge < -0.3 is 5.32 Å². The summed E-state index contributed by atoms with van der Waals surface area (Å²) < 4.78 is 1.97. The third kappa shape index (κ3) is 6.21. The van der Waals surface area contributed by atoms with Gasteiger partial charge in [-0.05, 0) is 55.9 Å². The van der Waals surface area contributed by atoms with Gasteiger partial charge in [-0.1, -0.05) is 63.4 Å². The maximum Gasteiger partial charge on any atom is 0.149 e. The fraction of sp³-hybridized carbons (Fsp3) is 0.407. The summed E-state index contributed by atoms with van der Waals surface area (Å²) in [6.45, 7) is 9.89. The average molecular weight is 415 g/mol. The topological polar surface area (TPSA) is 53.6 Å². The summed E-state index contributed by atoms with van der Waals surface area (Å²) in [7, 11) is 0. The predicted molar refractivity (Wildman–Crippen MR) is 129 cm³/mol. The number of nitrogens with one attached hydrogen (secondary N) is 1. The van der Waals surface area contributed by atoms with Gasteiger partial charge in [0.05, 0.1) is 23.0 Å². The molecular weight excluding hydrogens is 380 g/mol. The summed E-state index contributed by atoms with van der Waals surface area (Å²) in [5.74, 6) is 2.30. The minimum atomic E-state index is 0.652. The molecule has 2 aromatic carbocycles. The van der Waals surface area contributed by atoms with E-state index < -0.39 is 0 Å². The lowest BCUT2D eigenvalue weighted by Gasteiger charge is -2.17. The number of nitrogens with zero attached hydrogens (tertiary/aromatic N) is 3. The zero-order valence-corrected chi connectivity index (χ0v) is 19.2. The van der Waals surface area contributed by atoms with Gasteiger partial charge in [0, 0.05) is 18.2 Å². The molecule has 0 aliphatic rings. The van der Waals surface area contributed by atoms with E-state index in [1.54, 1.807) is 0 Å². The van der Waals surface area contributed by atoms with Gasteiger partial charge in [0.15, 0.2) is 0 Å². The van der Waals surface area contributed by atoms with E-state index in [-0.39, 0.29) is 0 Å². The third-order valence-corrected chi connectivity index (χ3v) is 5.72. The van der Waals surface area contributed by atoms with Crippen molar-refractivity contribution in [3.63, 3.8) is 0 Å². The summed E-state index contributed by atoms with van der Waals surface area (Å²) >= 11 is 0. The van der Waals surface area contributed by atoms with Crippen LogP contribution in [0.15, 0.2) is 54.6 Å². The number of rotatable bonds is 10. The van der Waals surface area contributed by atoms with E-state index >= 15 is 0 Å². The van der Waals surface area contributed by atoms with Crippen molar-refractivity contribution >= 4 is 5.82 Å². The average Bonchev–Trinajstić information content (AvgIpc) is 3.20. The molecule has 0 fully saturated rings.